The summed E-state index contributed by atoms with van der Waals surface area (Å²) >= 11 is 0. The first-order chi connectivity index (χ1) is 12.4. The minimum Gasteiger partial charge on any atom is -0.492 e. The molecule has 2 heterocycles. The number of ether oxygens (including phenoxy) is 1. The molecule has 1 aromatic heterocycles. The third kappa shape index (κ3) is 3.77. The fourth-order valence-electron chi connectivity index (χ4n) is 3.33. The first-order valence-corrected chi connectivity index (χ1v) is 9.00. The Balaban J connectivity index is 1.51. The number of anilines is 1. The number of fused-ring (bicyclic) bond motifs is 1. The first kappa shape index (κ1) is 16.0. The van der Waals surface area contributed by atoms with Crippen molar-refractivity contribution >= 4 is 17.0 Å². The van der Waals surface area contributed by atoms with Gasteiger partial charge in [-0.05, 0) is 50.2 Å². The molecule has 1 aliphatic heterocycles. The van der Waals surface area contributed by atoms with Gasteiger partial charge in [-0.1, -0.05) is 30.3 Å². The molecule has 5 nitrogen and oxygen atoms in total. The number of hydrogen-bond acceptors (Lipinski definition) is 4. The lowest BCUT2D eigenvalue weighted by Gasteiger charge is -2.24. The standard InChI is InChI=1S/C20H24N4O/c1-2-6-17(7-3-1)25-15-14-24-19-9-5-4-8-18(19)23-20(24)22-16-10-12-21-13-11-16/h1-9,16,21H,10-15H2,(H,22,23). The minimum atomic E-state index is 0.479. The molecule has 5 heteroatoms. The lowest BCUT2D eigenvalue weighted by atomic mass is 10.1. The number of imidazole rings is 1. The van der Waals surface area contributed by atoms with Gasteiger partial charge in [0.05, 0.1) is 17.6 Å². The van der Waals surface area contributed by atoms with E-state index in [1.54, 1.807) is 0 Å². The fraction of sp³-hybridized carbons (Fsp3) is 0.350. The summed E-state index contributed by atoms with van der Waals surface area (Å²) in [4.78, 5) is 4.81. The summed E-state index contributed by atoms with van der Waals surface area (Å²) in [6.45, 7) is 3.51. The van der Waals surface area contributed by atoms with Crippen LogP contribution in [0.4, 0.5) is 5.95 Å². The molecule has 2 aromatic carbocycles. The summed E-state index contributed by atoms with van der Waals surface area (Å²) in [5, 5.41) is 7.05. The Kier molecular flexibility index (Phi) is 4.84. The maximum Gasteiger partial charge on any atom is 0.204 e. The van der Waals surface area contributed by atoms with Gasteiger partial charge in [-0.25, -0.2) is 4.98 Å². The van der Waals surface area contributed by atoms with Crippen LogP contribution in [-0.4, -0.2) is 35.3 Å². The zero-order valence-corrected chi connectivity index (χ0v) is 14.3. The second-order valence-electron chi connectivity index (χ2n) is 6.41. The molecule has 1 fully saturated rings. The Hall–Kier alpha value is -2.53. The highest BCUT2D eigenvalue weighted by Gasteiger charge is 2.17. The van der Waals surface area contributed by atoms with E-state index in [1.165, 1.54) is 0 Å². The number of hydrogen-bond donors (Lipinski definition) is 2. The minimum absolute atomic E-state index is 0.479. The molecular weight excluding hydrogens is 312 g/mol. The molecule has 4 rings (SSSR count). The maximum absolute atomic E-state index is 5.89. The van der Waals surface area contributed by atoms with E-state index in [2.05, 4.69) is 33.4 Å². The van der Waals surface area contributed by atoms with Gasteiger partial charge in [0, 0.05) is 6.04 Å². The second-order valence-corrected chi connectivity index (χ2v) is 6.41. The van der Waals surface area contributed by atoms with E-state index in [4.69, 9.17) is 9.72 Å². The molecule has 0 amide bonds. The molecule has 0 atom stereocenters. The number of para-hydroxylation sites is 3. The van der Waals surface area contributed by atoms with E-state index in [0.717, 1.165) is 55.2 Å². The average molecular weight is 336 g/mol. The average Bonchev–Trinajstić information content (AvgIpc) is 3.01. The Labute approximate surface area is 148 Å². The molecule has 25 heavy (non-hydrogen) atoms. The summed E-state index contributed by atoms with van der Waals surface area (Å²) in [5.41, 5.74) is 2.18. The van der Waals surface area contributed by atoms with Gasteiger partial charge in [0.2, 0.25) is 5.95 Å². The summed E-state index contributed by atoms with van der Waals surface area (Å²) in [5.74, 6) is 1.85. The lowest BCUT2D eigenvalue weighted by Crippen LogP contribution is -2.36. The molecule has 0 spiro atoms. The molecule has 3 aromatic rings. The van der Waals surface area contributed by atoms with Crippen molar-refractivity contribution in [3.05, 3.63) is 54.6 Å². The summed E-state index contributed by atoms with van der Waals surface area (Å²) in [6.07, 6.45) is 2.26. The molecule has 1 saturated heterocycles. The molecule has 0 bridgehead atoms. The van der Waals surface area contributed by atoms with E-state index in [0.29, 0.717) is 12.6 Å². The molecule has 2 N–H and O–H groups in total. The third-order valence-corrected chi connectivity index (χ3v) is 4.65. The number of rotatable bonds is 6. The number of benzene rings is 2. The Morgan fingerprint density at radius 3 is 2.64 bits per heavy atom. The number of nitrogens with zero attached hydrogens (tertiary/aromatic N) is 2. The third-order valence-electron chi connectivity index (χ3n) is 4.65. The van der Waals surface area contributed by atoms with Crippen LogP contribution in [0.25, 0.3) is 11.0 Å². The van der Waals surface area contributed by atoms with Gasteiger partial charge in [0.25, 0.3) is 0 Å². The molecule has 0 aliphatic carbocycles. The Morgan fingerprint density at radius 1 is 1.04 bits per heavy atom. The largest absolute Gasteiger partial charge is 0.492 e. The van der Waals surface area contributed by atoms with Gasteiger partial charge < -0.3 is 19.9 Å². The van der Waals surface area contributed by atoms with Crippen LogP contribution in [0, 0.1) is 0 Å². The molecule has 0 radical (unpaired) electrons. The van der Waals surface area contributed by atoms with Gasteiger partial charge in [-0.15, -0.1) is 0 Å². The van der Waals surface area contributed by atoms with Crippen molar-refractivity contribution in [2.24, 2.45) is 0 Å². The highest BCUT2D eigenvalue weighted by molar-refractivity contribution is 5.78. The Morgan fingerprint density at radius 2 is 1.80 bits per heavy atom. The van der Waals surface area contributed by atoms with Crippen molar-refractivity contribution in [3.63, 3.8) is 0 Å². The molecule has 0 saturated carbocycles. The SMILES string of the molecule is c1ccc(OCCn2c(NC3CCNCC3)nc3ccccc32)cc1. The van der Waals surface area contributed by atoms with E-state index < -0.39 is 0 Å². The van der Waals surface area contributed by atoms with Gasteiger partial charge in [-0.3, -0.25) is 0 Å². The maximum atomic E-state index is 5.89. The van der Waals surface area contributed by atoms with Crippen LogP contribution in [0.5, 0.6) is 5.75 Å². The molecule has 130 valence electrons. The van der Waals surface area contributed by atoms with Crippen LogP contribution in [0.2, 0.25) is 0 Å². The van der Waals surface area contributed by atoms with Crippen molar-refractivity contribution in [1.29, 1.82) is 0 Å². The van der Waals surface area contributed by atoms with E-state index in [1.807, 2.05) is 36.4 Å². The predicted octanol–water partition coefficient (Wildman–Crippen LogP) is 3.28. The van der Waals surface area contributed by atoms with Gasteiger partial charge >= 0.3 is 0 Å². The quantitative estimate of drug-likeness (QED) is 0.725. The second kappa shape index (κ2) is 7.57. The van der Waals surface area contributed by atoms with Gasteiger partial charge in [0.15, 0.2) is 0 Å². The number of piperidine rings is 1. The smallest absolute Gasteiger partial charge is 0.204 e. The van der Waals surface area contributed by atoms with E-state index in [9.17, 15) is 0 Å². The number of nitrogens with one attached hydrogen (secondary N) is 2. The molecule has 1 aliphatic rings. The number of aromatic nitrogens is 2. The van der Waals surface area contributed by atoms with Crippen LogP contribution >= 0.6 is 0 Å². The molecule has 0 unspecified atom stereocenters. The van der Waals surface area contributed by atoms with Crippen LogP contribution < -0.4 is 15.4 Å². The predicted molar refractivity (Wildman–Crippen MR) is 101 cm³/mol. The summed E-state index contributed by atoms with van der Waals surface area (Å²) < 4.78 is 8.12. The fourth-order valence-corrected chi connectivity index (χ4v) is 3.33. The van der Waals surface area contributed by atoms with Crippen molar-refractivity contribution < 1.29 is 4.74 Å². The van der Waals surface area contributed by atoms with Crippen LogP contribution in [0.1, 0.15) is 12.8 Å². The summed E-state index contributed by atoms with van der Waals surface area (Å²) in [7, 11) is 0. The van der Waals surface area contributed by atoms with E-state index in [-0.39, 0.29) is 0 Å². The van der Waals surface area contributed by atoms with Crippen LogP contribution in [0.15, 0.2) is 54.6 Å². The van der Waals surface area contributed by atoms with Crippen LogP contribution in [0.3, 0.4) is 0 Å². The lowest BCUT2D eigenvalue weighted by molar-refractivity contribution is 0.300. The van der Waals surface area contributed by atoms with Gasteiger partial charge in [-0.2, -0.15) is 0 Å². The zero-order chi connectivity index (χ0) is 16.9. The normalized spacial score (nSPS) is 15.4. The molecular formula is C20H24N4O. The van der Waals surface area contributed by atoms with Crippen molar-refractivity contribution in [2.45, 2.75) is 25.4 Å². The Bertz CT molecular complexity index is 809. The monoisotopic (exact) mass is 336 g/mol. The van der Waals surface area contributed by atoms with Gasteiger partial charge in [0.1, 0.15) is 12.4 Å². The van der Waals surface area contributed by atoms with E-state index >= 15 is 0 Å². The van der Waals surface area contributed by atoms with Crippen molar-refractivity contribution in [3.8, 4) is 5.75 Å². The zero-order valence-electron chi connectivity index (χ0n) is 14.3. The highest BCUT2D eigenvalue weighted by atomic mass is 16.5. The van der Waals surface area contributed by atoms with Crippen LogP contribution in [-0.2, 0) is 6.54 Å². The summed E-state index contributed by atoms with van der Waals surface area (Å²) in [6, 6.07) is 18.7. The van der Waals surface area contributed by atoms with Crippen molar-refractivity contribution in [1.82, 2.24) is 14.9 Å². The van der Waals surface area contributed by atoms with Crippen molar-refractivity contribution in [2.75, 3.05) is 25.0 Å². The first-order valence-electron chi connectivity index (χ1n) is 9.00. The highest BCUT2D eigenvalue weighted by Crippen LogP contribution is 2.21. The topological polar surface area (TPSA) is 51.1 Å².